The van der Waals surface area contributed by atoms with Gasteiger partial charge in [0.25, 0.3) is 5.56 Å². The van der Waals surface area contributed by atoms with Crippen LogP contribution in [0.15, 0.2) is 53.5 Å². The second-order valence-corrected chi connectivity index (χ2v) is 6.50. The van der Waals surface area contributed by atoms with Crippen LogP contribution in [-0.4, -0.2) is 20.5 Å². The van der Waals surface area contributed by atoms with E-state index in [2.05, 4.69) is 10.1 Å². The van der Waals surface area contributed by atoms with Crippen molar-refractivity contribution >= 4 is 16.7 Å². The molecule has 8 heteroatoms. The second-order valence-electron chi connectivity index (χ2n) is 6.50. The molecule has 146 valence electrons. The number of ketones is 1. The van der Waals surface area contributed by atoms with E-state index in [0.717, 1.165) is 12.1 Å². The van der Waals surface area contributed by atoms with Gasteiger partial charge in [0.1, 0.15) is 11.3 Å². The highest BCUT2D eigenvalue weighted by atomic mass is 19.1. The summed E-state index contributed by atoms with van der Waals surface area (Å²) in [5.74, 6) is -2.60. The van der Waals surface area contributed by atoms with Crippen LogP contribution in [0.25, 0.3) is 10.9 Å². The van der Waals surface area contributed by atoms with Gasteiger partial charge in [-0.15, -0.1) is 0 Å². The predicted octanol–water partition coefficient (Wildman–Crippen LogP) is 3.87. The smallest absolute Gasteiger partial charge is 0.277 e. The molecule has 0 amide bonds. The van der Waals surface area contributed by atoms with Gasteiger partial charge >= 0.3 is 0 Å². The lowest BCUT2D eigenvalue weighted by Gasteiger charge is -2.11. The summed E-state index contributed by atoms with van der Waals surface area (Å²) < 4.78 is 34.7. The number of aromatic amines is 1. The maximum atomic E-state index is 14.0. The van der Waals surface area contributed by atoms with Gasteiger partial charge in [-0.2, -0.15) is 0 Å². The number of fused-ring (bicyclic) bond motifs is 1. The average molecular weight is 395 g/mol. The number of hydrogen-bond acceptors (Lipinski definition) is 4. The van der Waals surface area contributed by atoms with Gasteiger partial charge in [-0.05, 0) is 43.3 Å². The van der Waals surface area contributed by atoms with Crippen molar-refractivity contribution in [3.05, 3.63) is 87.5 Å². The Bertz CT molecular complexity index is 1300. The van der Waals surface area contributed by atoms with E-state index in [0.29, 0.717) is 16.6 Å². The summed E-state index contributed by atoms with van der Waals surface area (Å²) >= 11 is 0. The topological polar surface area (TPSA) is 77.0 Å². The third-order valence-electron chi connectivity index (χ3n) is 4.55. The number of pyridine rings is 1. The zero-order valence-corrected chi connectivity index (χ0v) is 15.5. The quantitative estimate of drug-likeness (QED) is 0.532. The highest BCUT2D eigenvalue weighted by Crippen LogP contribution is 2.32. The number of nitrogens with one attached hydrogen (secondary N) is 1. The number of para-hydroxylation sites is 1. The molecule has 0 spiro atoms. The number of carbonyl (C=O) groups is 1. The maximum Gasteiger partial charge on any atom is 0.277 e. The lowest BCUT2D eigenvalue weighted by atomic mass is 10.0. The van der Waals surface area contributed by atoms with Gasteiger partial charge < -0.3 is 4.74 Å². The van der Waals surface area contributed by atoms with Crippen molar-refractivity contribution in [2.45, 2.75) is 6.92 Å². The first-order chi connectivity index (χ1) is 13.9. The van der Waals surface area contributed by atoms with Crippen LogP contribution < -0.4 is 10.3 Å². The van der Waals surface area contributed by atoms with Gasteiger partial charge in [0.15, 0.2) is 23.2 Å². The number of benzene rings is 2. The summed E-state index contributed by atoms with van der Waals surface area (Å²) in [6, 6.07) is 9.46. The molecule has 2 aromatic carbocycles. The van der Waals surface area contributed by atoms with Crippen molar-refractivity contribution in [2.75, 3.05) is 0 Å². The van der Waals surface area contributed by atoms with E-state index < -0.39 is 28.7 Å². The Labute approximate surface area is 163 Å². The minimum Gasteiger partial charge on any atom is -0.450 e. The van der Waals surface area contributed by atoms with Gasteiger partial charge in [0, 0.05) is 29.9 Å². The first-order valence-electron chi connectivity index (χ1n) is 8.67. The Morgan fingerprint density at radius 3 is 2.52 bits per heavy atom. The molecule has 4 rings (SSSR count). The molecular weight excluding hydrogens is 380 g/mol. The minimum atomic E-state index is -0.853. The number of halogens is 2. The Morgan fingerprint density at radius 2 is 1.86 bits per heavy atom. The summed E-state index contributed by atoms with van der Waals surface area (Å²) in [5, 5.41) is 3.16. The highest BCUT2D eigenvalue weighted by molar-refractivity contribution is 6.11. The number of ether oxygens (including phenoxy) is 1. The number of hydrogen-bond donors (Lipinski definition) is 1. The molecule has 2 heterocycles. The normalized spacial score (nSPS) is 11.0. The third-order valence-corrected chi connectivity index (χ3v) is 4.55. The van der Waals surface area contributed by atoms with Crippen molar-refractivity contribution in [3.63, 3.8) is 0 Å². The van der Waals surface area contributed by atoms with Gasteiger partial charge in [-0.3, -0.25) is 24.4 Å². The molecule has 29 heavy (non-hydrogen) atoms. The summed E-state index contributed by atoms with van der Waals surface area (Å²) in [6.45, 7) is 1.63. The first-order valence-corrected chi connectivity index (χ1v) is 8.67. The van der Waals surface area contributed by atoms with Gasteiger partial charge in [-0.25, -0.2) is 8.78 Å². The SMILES string of the molecule is Cc1[nH]n(C)c(=O)c1C(=O)c1ccc2nccc(Oc3c(F)cccc3F)c2c1. The van der Waals surface area contributed by atoms with Crippen molar-refractivity contribution in [3.8, 4) is 11.5 Å². The second kappa shape index (κ2) is 6.97. The van der Waals surface area contributed by atoms with Crippen LogP contribution in [0.5, 0.6) is 11.5 Å². The number of rotatable bonds is 4. The highest BCUT2D eigenvalue weighted by Gasteiger charge is 2.20. The molecule has 1 N–H and O–H groups in total. The molecule has 0 saturated carbocycles. The molecule has 6 nitrogen and oxygen atoms in total. The van der Waals surface area contributed by atoms with Crippen molar-refractivity contribution < 1.29 is 18.3 Å². The number of nitrogens with zero attached hydrogens (tertiary/aromatic N) is 2. The lowest BCUT2D eigenvalue weighted by molar-refractivity contribution is 0.103. The van der Waals surface area contributed by atoms with Gasteiger partial charge in [0.2, 0.25) is 0 Å². The molecule has 0 bridgehead atoms. The molecule has 4 aromatic rings. The van der Waals surface area contributed by atoms with E-state index >= 15 is 0 Å². The number of aryl methyl sites for hydroxylation is 2. The molecule has 0 unspecified atom stereocenters. The summed E-state index contributed by atoms with van der Waals surface area (Å²) in [4.78, 5) is 29.3. The first kappa shape index (κ1) is 18.5. The molecule has 0 aliphatic carbocycles. The molecule has 0 fully saturated rings. The van der Waals surface area contributed by atoms with Crippen molar-refractivity contribution in [2.24, 2.45) is 7.05 Å². The van der Waals surface area contributed by atoms with E-state index in [1.165, 1.54) is 42.2 Å². The fraction of sp³-hybridized carbons (Fsp3) is 0.0952. The van der Waals surface area contributed by atoms with Crippen molar-refractivity contribution in [1.82, 2.24) is 14.8 Å². The van der Waals surface area contributed by atoms with Crippen LogP contribution in [0, 0.1) is 18.6 Å². The van der Waals surface area contributed by atoms with E-state index in [9.17, 15) is 18.4 Å². The zero-order valence-electron chi connectivity index (χ0n) is 15.5. The Balaban J connectivity index is 1.83. The summed E-state index contributed by atoms with van der Waals surface area (Å²) in [6.07, 6.45) is 1.43. The minimum absolute atomic E-state index is 0.0263. The molecule has 2 aromatic heterocycles. The van der Waals surface area contributed by atoms with Crippen LogP contribution in [0.4, 0.5) is 8.78 Å². The van der Waals surface area contributed by atoms with E-state index in [1.54, 1.807) is 13.0 Å². The number of H-pyrrole nitrogens is 1. The maximum absolute atomic E-state index is 14.0. The third kappa shape index (κ3) is 3.18. The van der Waals surface area contributed by atoms with Crippen LogP contribution in [0.2, 0.25) is 0 Å². The number of carbonyl (C=O) groups excluding carboxylic acids is 1. The fourth-order valence-electron chi connectivity index (χ4n) is 3.14. The van der Waals surface area contributed by atoms with E-state index in [4.69, 9.17) is 4.74 Å². The molecule has 0 radical (unpaired) electrons. The molecule has 0 saturated heterocycles. The largest absolute Gasteiger partial charge is 0.450 e. The predicted molar refractivity (Wildman–Crippen MR) is 102 cm³/mol. The molecule has 0 aliphatic heterocycles. The molecule has 0 atom stereocenters. The van der Waals surface area contributed by atoms with E-state index in [1.807, 2.05) is 0 Å². The fourth-order valence-corrected chi connectivity index (χ4v) is 3.14. The standard InChI is InChI=1S/C21H15F2N3O3/c1-11-18(21(28)26(2)25-11)19(27)12-6-7-16-13(10-12)17(8-9-24-16)29-20-14(22)4-3-5-15(20)23/h3-10,25H,1-2H3. The van der Waals surface area contributed by atoms with Crippen LogP contribution >= 0.6 is 0 Å². The summed E-state index contributed by atoms with van der Waals surface area (Å²) in [7, 11) is 1.52. The Kier molecular flexibility index (Phi) is 4.46. The molecular formula is C21H15F2N3O3. The van der Waals surface area contributed by atoms with Gasteiger partial charge in [-0.1, -0.05) is 6.07 Å². The van der Waals surface area contributed by atoms with Crippen LogP contribution in [0.1, 0.15) is 21.6 Å². The average Bonchev–Trinajstić information content (AvgIpc) is 2.95. The molecule has 0 aliphatic rings. The lowest BCUT2D eigenvalue weighted by Crippen LogP contribution is -2.19. The Hall–Kier alpha value is -3.81. The van der Waals surface area contributed by atoms with Crippen LogP contribution in [0.3, 0.4) is 0 Å². The zero-order chi connectivity index (χ0) is 20.7. The Morgan fingerprint density at radius 1 is 1.14 bits per heavy atom. The van der Waals surface area contributed by atoms with Crippen LogP contribution in [-0.2, 0) is 7.05 Å². The van der Waals surface area contributed by atoms with Gasteiger partial charge in [0.05, 0.1) is 5.52 Å². The summed E-state index contributed by atoms with van der Waals surface area (Å²) in [5.41, 5.74) is 0.722. The number of aromatic nitrogens is 3. The van der Waals surface area contributed by atoms with Crippen molar-refractivity contribution in [1.29, 1.82) is 0 Å². The monoisotopic (exact) mass is 395 g/mol. The van der Waals surface area contributed by atoms with E-state index in [-0.39, 0.29) is 16.9 Å².